The summed E-state index contributed by atoms with van der Waals surface area (Å²) in [5.41, 5.74) is 2.93. The molecule has 0 spiro atoms. The minimum Gasteiger partial charge on any atom is -0.494 e. The van der Waals surface area contributed by atoms with Crippen LogP contribution in [0.2, 0.25) is 0 Å². The van der Waals surface area contributed by atoms with Crippen LogP contribution in [0.5, 0.6) is 5.75 Å². The van der Waals surface area contributed by atoms with Gasteiger partial charge < -0.3 is 20.1 Å². The van der Waals surface area contributed by atoms with Crippen molar-refractivity contribution in [1.29, 1.82) is 0 Å². The smallest absolute Gasteiger partial charge is 0.338 e. The number of carbonyl (C=O) groups excluding carboxylic acids is 2. The van der Waals surface area contributed by atoms with Gasteiger partial charge in [0.05, 0.1) is 24.8 Å². The fourth-order valence-corrected chi connectivity index (χ4v) is 3.71. The Balaban J connectivity index is 1.94. The van der Waals surface area contributed by atoms with E-state index in [1.807, 2.05) is 49.4 Å². The number of urea groups is 1. The van der Waals surface area contributed by atoms with Crippen molar-refractivity contribution in [3.8, 4) is 5.75 Å². The van der Waals surface area contributed by atoms with Gasteiger partial charge in [0.2, 0.25) is 0 Å². The monoisotopic (exact) mass is 437 g/mol. The number of ether oxygens (including phenoxy) is 2. The van der Waals surface area contributed by atoms with Gasteiger partial charge in [-0.25, -0.2) is 9.59 Å². The van der Waals surface area contributed by atoms with E-state index in [1.165, 1.54) is 0 Å². The van der Waals surface area contributed by atoms with Crippen LogP contribution >= 0.6 is 0 Å². The molecule has 0 unspecified atom stereocenters. The first kappa shape index (κ1) is 23.3. The molecule has 7 nitrogen and oxygen atoms in total. The zero-order valence-electron chi connectivity index (χ0n) is 18.9. The fourth-order valence-electron chi connectivity index (χ4n) is 3.71. The summed E-state index contributed by atoms with van der Waals surface area (Å²) in [4.78, 5) is 27.7. The average Bonchev–Trinajstić information content (AvgIpc) is 2.79. The van der Waals surface area contributed by atoms with Crippen molar-refractivity contribution in [3.63, 3.8) is 0 Å². The topological polar surface area (TPSA) is 79.9 Å². The highest BCUT2D eigenvalue weighted by Crippen LogP contribution is 2.29. The van der Waals surface area contributed by atoms with Crippen LogP contribution < -0.4 is 15.4 Å². The van der Waals surface area contributed by atoms with E-state index >= 15 is 0 Å². The molecule has 7 heteroatoms. The number of carbonyl (C=O) groups is 2. The van der Waals surface area contributed by atoms with Gasteiger partial charge in [-0.2, -0.15) is 0 Å². The summed E-state index contributed by atoms with van der Waals surface area (Å²) in [7, 11) is 0. The second-order valence-corrected chi connectivity index (χ2v) is 7.44. The number of hydrogen-bond acceptors (Lipinski definition) is 5. The largest absolute Gasteiger partial charge is 0.494 e. The summed E-state index contributed by atoms with van der Waals surface area (Å²) in [5, 5.41) is 5.73. The lowest BCUT2D eigenvalue weighted by atomic mass is 9.94. The Bertz CT molecular complexity index is 941. The molecule has 0 saturated carbocycles. The SMILES string of the molecule is CCOC(=O)C1=C(CN(CC)Cc2ccccc2)NC(=O)N[C@@H]1c1ccc(OCC)cc1. The molecule has 1 aliphatic heterocycles. The van der Waals surface area contributed by atoms with Gasteiger partial charge in [-0.15, -0.1) is 0 Å². The van der Waals surface area contributed by atoms with Crippen molar-refractivity contribution in [2.24, 2.45) is 0 Å². The van der Waals surface area contributed by atoms with Crippen molar-refractivity contribution in [3.05, 3.63) is 77.0 Å². The van der Waals surface area contributed by atoms with Gasteiger partial charge in [0, 0.05) is 18.8 Å². The molecule has 2 amide bonds. The van der Waals surface area contributed by atoms with E-state index < -0.39 is 12.0 Å². The highest BCUT2D eigenvalue weighted by atomic mass is 16.5. The van der Waals surface area contributed by atoms with Crippen LogP contribution in [0.1, 0.15) is 37.9 Å². The summed E-state index contributed by atoms with van der Waals surface area (Å²) >= 11 is 0. The third-order valence-electron chi connectivity index (χ3n) is 5.25. The summed E-state index contributed by atoms with van der Waals surface area (Å²) < 4.78 is 10.9. The van der Waals surface area contributed by atoms with E-state index in [0.717, 1.165) is 23.4 Å². The number of esters is 1. The Labute approximate surface area is 189 Å². The molecule has 3 rings (SSSR count). The Morgan fingerprint density at radius 2 is 1.69 bits per heavy atom. The summed E-state index contributed by atoms with van der Waals surface area (Å²) in [6.45, 7) is 8.44. The van der Waals surface area contributed by atoms with Crippen LogP contribution in [-0.2, 0) is 16.1 Å². The van der Waals surface area contributed by atoms with Crippen molar-refractivity contribution in [2.75, 3.05) is 26.3 Å². The molecule has 0 saturated heterocycles. The average molecular weight is 438 g/mol. The number of nitrogens with one attached hydrogen (secondary N) is 2. The van der Waals surface area contributed by atoms with Gasteiger partial charge in [0.25, 0.3) is 0 Å². The molecule has 0 radical (unpaired) electrons. The van der Waals surface area contributed by atoms with Crippen molar-refractivity contribution < 1.29 is 19.1 Å². The maximum absolute atomic E-state index is 13.0. The number of likely N-dealkylation sites (N-methyl/N-ethyl adjacent to an activating group) is 1. The van der Waals surface area contributed by atoms with Gasteiger partial charge in [0.1, 0.15) is 5.75 Å². The molecule has 2 aromatic rings. The third-order valence-corrected chi connectivity index (χ3v) is 5.25. The van der Waals surface area contributed by atoms with Crippen molar-refractivity contribution in [2.45, 2.75) is 33.4 Å². The molecule has 1 aliphatic rings. The number of rotatable bonds is 10. The van der Waals surface area contributed by atoms with Gasteiger partial charge in [0.15, 0.2) is 0 Å². The number of benzene rings is 2. The quantitative estimate of drug-likeness (QED) is 0.553. The Hall–Kier alpha value is -3.32. The lowest BCUT2D eigenvalue weighted by molar-refractivity contribution is -0.139. The molecule has 170 valence electrons. The molecule has 2 aromatic carbocycles. The highest BCUT2D eigenvalue weighted by molar-refractivity contribution is 5.95. The standard InChI is InChI=1S/C25H31N3O4/c1-4-28(16-18-10-8-7-9-11-18)17-21-22(24(29)32-6-3)23(27-25(30)26-21)19-12-14-20(15-13-19)31-5-2/h7-15,23H,4-6,16-17H2,1-3H3,(H2,26,27,30)/t23-/m1/s1. The number of nitrogens with zero attached hydrogens (tertiary/aromatic N) is 1. The lowest BCUT2D eigenvalue weighted by Crippen LogP contribution is -2.48. The third kappa shape index (κ3) is 5.88. The van der Waals surface area contributed by atoms with Crippen LogP contribution in [0.4, 0.5) is 4.79 Å². The summed E-state index contributed by atoms with van der Waals surface area (Å²) in [6, 6.07) is 16.6. The van der Waals surface area contributed by atoms with Crippen LogP contribution in [0.15, 0.2) is 65.9 Å². The van der Waals surface area contributed by atoms with Gasteiger partial charge in [-0.05, 0) is 43.7 Å². The first-order valence-corrected chi connectivity index (χ1v) is 11.0. The molecule has 32 heavy (non-hydrogen) atoms. The Morgan fingerprint density at radius 1 is 0.969 bits per heavy atom. The molecular formula is C25H31N3O4. The second-order valence-electron chi connectivity index (χ2n) is 7.44. The van der Waals surface area contributed by atoms with Gasteiger partial charge in [-0.1, -0.05) is 49.4 Å². The maximum Gasteiger partial charge on any atom is 0.338 e. The zero-order valence-corrected chi connectivity index (χ0v) is 18.9. The highest BCUT2D eigenvalue weighted by Gasteiger charge is 2.34. The molecule has 0 aliphatic carbocycles. The van der Waals surface area contributed by atoms with Crippen LogP contribution in [0.25, 0.3) is 0 Å². The zero-order chi connectivity index (χ0) is 22.9. The molecule has 0 aromatic heterocycles. The predicted molar refractivity (Wildman–Crippen MR) is 123 cm³/mol. The van der Waals surface area contributed by atoms with Crippen molar-refractivity contribution >= 4 is 12.0 Å². The Kier molecular flexibility index (Phi) is 8.27. The number of hydrogen-bond donors (Lipinski definition) is 2. The predicted octanol–water partition coefficient (Wildman–Crippen LogP) is 3.78. The molecule has 1 atom stereocenters. The lowest BCUT2D eigenvalue weighted by Gasteiger charge is -2.32. The fraction of sp³-hybridized carbons (Fsp3) is 0.360. The van der Waals surface area contributed by atoms with E-state index in [-0.39, 0.29) is 12.6 Å². The van der Waals surface area contributed by atoms with Gasteiger partial charge in [-0.3, -0.25) is 4.90 Å². The van der Waals surface area contributed by atoms with Crippen LogP contribution in [0, 0.1) is 0 Å². The Morgan fingerprint density at radius 3 is 2.31 bits per heavy atom. The minimum absolute atomic E-state index is 0.251. The summed E-state index contributed by atoms with van der Waals surface area (Å²) in [6.07, 6.45) is 0. The minimum atomic E-state index is -0.607. The van der Waals surface area contributed by atoms with E-state index in [1.54, 1.807) is 6.92 Å². The first-order chi connectivity index (χ1) is 15.5. The van der Waals surface area contributed by atoms with E-state index in [4.69, 9.17) is 9.47 Å². The van der Waals surface area contributed by atoms with Gasteiger partial charge >= 0.3 is 12.0 Å². The second kappa shape index (κ2) is 11.3. The normalized spacial score (nSPS) is 15.9. The van der Waals surface area contributed by atoms with Crippen molar-refractivity contribution in [1.82, 2.24) is 15.5 Å². The molecule has 0 bridgehead atoms. The van der Waals surface area contributed by atoms with E-state index in [0.29, 0.717) is 31.0 Å². The molecular weight excluding hydrogens is 406 g/mol. The number of amides is 2. The van der Waals surface area contributed by atoms with Crippen LogP contribution in [0.3, 0.4) is 0 Å². The summed E-state index contributed by atoms with van der Waals surface area (Å²) in [5.74, 6) is 0.295. The maximum atomic E-state index is 13.0. The van der Waals surface area contributed by atoms with Crippen LogP contribution in [-0.4, -0.2) is 43.2 Å². The molecule has 0 fully saturated rings. The van der Waals surface area contributed by atoms with E-state index in [2.05, 4.69) is 34.6 Å². The molecule has 1 heterocycles. The molecule has 2 N–H and O–H groups in total. The first-order valence-electron chi connectivity index (χ1n) is 11.0. The van der Waals surface area contributed by atoms with E-state index in [9.17, 15) is 9.59 Å².